The van der Waals surface area contributed by atoms with Gasteiger partial charge in [-0.2, -0.15) is 0 Å². The fraction of sp³-hybridized carbons (Fsp3) is 0.273. The van der Waals surface area contributed by atoms with Crippen molar-refractivity contribution in [2.24, 2.45) is 0 Å². The molecule has 4 heteroatoms. The van der Waals surface area contributed by atoms with Crippen molar-refractivity contribution in [1.29, 1.82) is 0 Å². The van der Waals surface area contributed by atoms with Crippen LogP contribution in [0.4, 0.5) is 0 Å². The molecule has 0 amide bonds. The van der Waals surface area contributed by atoms with E-state index in [4.69, 9.17) is 11.6 Å². The summed E-state index contributed by atoms with van der Waals surface area (Å²) in [6.45, 7) is 1.45. The van der Waals surface area contributed by atoms with Crippen molar-refractivity contribution in [3.05, 3.63) is 34.3 Å². The van der Waals surface area contributed by atoms with Crippen LogP contribution >= 0.6 is 11.6 Å². The van der Waals surface area contributed by atoms with Gasteiger partial charge in [-0.3, -0.25) is 4.79 Å². The number of benzene rings is 1. The third kappa shape index (κ3) is 2.80. The standard InChI is InChI=1S/C11H11ClO3/c1-7(13)6-9-8(11(14)15-2)4-3-5-10(9)12/h3-5H,6H2,1-2H3. The Balaban J connectivity index is 3.19. The predicted molar refractivity (Wildman–Crippen MR) is 57.2 cm³/mol. The third-order valence-electron chi connectivity index (χ3n) is 1.95. The number of carbonyl (C=O) groups excluding carboxylic acids is 2. The minimum atomic E-state index is -0.478. The maximum atomic E-state index is 11.4. The number of carbonyl (C=O) groups is 2. The highest BCUT2D eigenvalue weighted by Gasteiger charge is 2.15. The SMILES string of the molecule is COC(=O)c1cccc(Cl)c1CC(C)=O. The average molecular weight is 227 g/mol. The molecule has 0 fully saturated rings. The molecule has 0 radical (unpaired) electrons. The summed E-state index contributed by atoms with van der Waals surface area (Å²) in [5.41, 5.74) is 0.874. The normalized spacial score (nSPS) is 9.80. The van der Waals surface area contributed by atoms with Crippen molar-refractivity contribution in [2.45, 2.75) is 13.3 Å². The van der Waals surface area contributed by atoms with Gasteiger partial charge in [-0.1, -0.05) is 17.7 Å². The molecule has 0 atom stereocenters. The molecule has 0 saturated heterocycles. The van der Waals surface area contributed by atoms with Gasteiger partial charge in [-0.15, -0.1) is 0 Å². The van der Waals surface area contributed by atoms with Gasteiger partial charge in [0.25, 0.3) is 0 Å². The molecule has 1 aromatic rings. The highest BCUT2D eigenvalue weighted by atomic mass is 35.5. The lowest BCUT2D eigenvalue weighted by molar-refractivity contribution is -0.116. The number of Topliss-reactive ketones (excluding diaryl/α,β-unsaturated/α-hetero) is 1. The zero-order chi connectivity index (χ0) is 11.4. The molecule has 0 aliphatic heterocycles. The Labute approximate surface area is 93.0 Å². The number of rotatable bonds is 3. The second kappa shape index (κ2) is 4.94. The Hall–Kier alpha value is -1.35. The van der Waals surface area contributed by atoms with Crippen LogP contribution in [0.5, 0.6) is 0 Å². The van der Waals surface area contributed by atoms with Gasteiger partial charge in [0, 0.05) is 11.4 Å². The molecular formula is C11H11ClO3. The summed E-state index contributed by atoms with van der Waals surface area (Å²) in [6, 6.07) is 4.89. The molecule has 0 saturated carbocycles. The van der Waals surface area contributed by atoms with E-state index in [9.17, 15) is 9.59 Å². The largest absolute Gasteiger partial charge is 0.465 e. The minimum Gasteiger partial charge on any atom is -0.465 e. The van der Waals surface area contributed by atoms with Crippen LogP contribution in [0.25, 0.3) is 0 Å². The van der Waals surface area contributed by atoms with E-state index in [1.165, 1.54) is 14.0 Å². The predicted octanol–water partition coefficient (Wildman–Crippen LogP) is 2.26. The molecule has 0 aliphatic carbocycles. The molecule has 0 unspecified atom stereocenters. The van der Waals surface area contributed by atoms with E-state index >= 15 is 0 Å². The molecular weight excluding hydrogens is 216 g/mol. The van der Waals surface area contributed by atoms with Crippen LogP contribution in [0.3, 0.4) is 0 Å². The Morgan fingerprint density at radius 2 is 2.07 bits per heavy atom. The van der Waals surface area contributed by atoms with E-state index in [1.54, 1.807) is 18.2 Å². The molecule has 0 bridgehead atoms. The van der Waals surface area contributed by atoms with Crippen molar-refractivity contribution in [1.82, 2.24) is 0 Å². The van der Waals surface area contributed by atoms with Gasteiger partial charge in [0.05, 0.1) is 12.7 Å². The Bertz CT molecular complexity index is 399. The van der Waals surface area contributed by atoms with E-state index in [-0.39, 0.29) is 12.2 Å². The molecule has 80 valence electrons. The van der Waals surface area contributed by atoms with Gasteiger partial charge in [0.1, 0.15) is 5.78 Å². The first-order chi connectivity index (χ1) is 7.06. The molecule has 1 rings (SSSR count). The highest BCUT2D eigenvalue weighted by Crippen LogP contribution is 2.21. The quantitative estimate of drug-likeness (QED) is 0.743. The highest BCUT2D eigenvalue weighted by molar-refractivity contribution is 6.32. The van der Waals surface area contributed by atoms with Gasteiger partial charge < -0.3 is 4.74 Å². The maximum absolute atomic E-state index is 11.4. The summed E-state index contributed by atoms with van der Waals surface area (Å²) < 4.78 is 4.60. The Morgan fingerprint density at radius 1 is 1.40 bits per heavy atom. The average Bonchev–Trinajstić information content (AvgIpc) is 2.19. The fourth-order valence-corrected chi connectivity index (χ4v) is 1.53. The van der Waals surface area contributed by atoms with Crippen molar-refractivity contribution in [3.8, 4) is 0 Å². The molecule has 0 heterocycles. The first-order valence-electron chi connectivity index (χ1n) is 4.41. The van der Waals surface area contributed by atoms with Gasteiger partial charge in [-0.05, 0) is 24.6 Å². The Morgan fingerprint density at radius 3 is 2.60 bits per heavy atom. The summed E-state index contributed by atoms with van der Waals surface area (Å²) >= 11 is 5.91. The van der Waals surface area contributed by atoms with Gasteiger partial charge in [-0.25, -0.2) is 4.79 Å². The van der Waals surface area contributed by atoms with E-state index in [0.29, 0.717) is 16.1 Å². The van der Waals surface area contributed by atoms with Crippen LogP contribution in [-0.2, 0) is 16.0 Å². The van der Waals surface area contributed by atoms with E-state index in [2.05, 4.69) is 4.74 Å². The topological polar surface area (TPSA) is 43.4 Å². The zero-order valence-corrected chi connectivity index (χ0v) is 9.30. The molecule has 1 aromatic carbocycles. The van der Waals surface area contributed by atoms with Crippen LogP contribution in [0.2, 0.25) is 5.02 Å². The lowest BCUT2D eigenvalue weighted by Crippen LogP contribution is -2.09. The maximum Gasteiger partial charge on any atom is 0.338 e. The molecule has 3 nitrogen and oxygen atoms in total. The van der Waals surface area contributed by atoms with Crippen LogP contribution < -0.4 is 0 Å². The molecule has 0 spiro atoms. The van der Waals surface area contributed by atoms with E-state index < -0.39 is 5.97 Å². The number of halogens is 1. The van der Waals surface area contributed by atoms with Crippen LogP contribution in [-0.4, -0.2) is 18.9 Å². The Kier molecular flexibility index (Phi) is 3.86. The third-order valence-corrected chi connectivity index (χ3v) is 2.30. The summed E-state index contributed by atoms with van der Waals surface area (Å²) in [4.78, 5) is 22.4. The second-order valence-corrected chi connectivity index (χ2v) is 3.54. The van der Waals surface area contributed by atoms with Gasteiger partial charge in [0.2, 0.25) is 0 Å². The van der Waals surface area contributed by atoms with Crippen LogP contribution in [0.15, 0.2) is 18.2 Å². The molecule has 0 aliphatic rings. The smallest absolute Gasteiger partial charge is 0.338 e. The number of ether oxygens (including phenoxy) is 1. The number of hydrogen-bond acceptors (Lipinski definition) is 3. The van der Waals surface area contributed by atoms with Crippen molar-refractivity contribution >= 4 is 23.4 Å². The lowest BCUT2D eigenvalue weighted by Gasteiger charge is -2.07. The first kappa shape index (κ1) is 11.7. The number of esters is 1. The van der Waals surface area contributed by atoms with Gasteiger partial charge in [0.15, 0.2) is 0 Å². The second-order valence-electron chi connectivity index (χ2n) is 3.14. The monoisotopic (exact) mass is 226 g/mol. The van der Waals surface area contributed by atoms with E-state index in [0.717, 1.165) is 0 Å². The lowest BCUT2D eigenvalue weighted by atomic mass is 10.0. The minimum absolute atomic E-state index is 0.0479. The molecule has 0 aromatic heterocycles. The molecule has 0 N–H and O–H groups in total. The number of methoxy groups -OCH3 is 1. The fourth-order valence-electron chi connectivity index (χ4n) is 1.29. The number of ketones is 1. The first-order valence-corrected chi connectivity index (χ1v) is 4.79. The summed E-state index contributed by atoms with van der Waals surface area (Å²) in [7, 11) is 1.29. The summed E-state index contributed by atoms with van der Waals surface area (Å²) in [5, 5.41) is 0.410. The van der Waals surface area contributed by atoms with Crippen molar-refractivity contribution in [2.75, 3.05) is 7.11 Å². The zero-order valence-electron chi connectivity index (χ0n) is 8.54. The van der Waals surface area contributed by atoms with E-state index in [1.807, 2.05) is 0 Å². The van der Waals surface area contributed by atoms with Crippen molar-refractivity contribution < 1.29 is 14.3 Å². The van der Waals surface area contributed by atoms with Crippen molar-refractivity contribution in [3.63, 3.8) is 0 Å². The van der Waals surface area contributed by atoms with Crippen LogP contribution in [0, 0.1) is 0 Å². The summed E-state index contributed by atoms with van der Waals surface area (Å²) in [5.74, 6) is -0.526. The number of hydrogen-bond donors (Lipinski definition) is 0. The van der Waals surface area contributed by atoms with Gasteiger partial charge >= 0.3 is 5.97 Å². The van der Waals surface area contributed by atoms with Crippen LogP contribution in [0.1, 0.15) is 22.8 Å². The summed E-state index contributed by atoms with van der Waals surface area (Å²) in [6.07, 6.45) is 0.143. The molecule has 15 heavy (non-hydrogen) atoms.